The molecule has 0 radical (unpaired) electrons. The molecular formula is C19H16ClN3O3. The lowest BCUT2D eigenvalue weighted by Gasteiger charge is -2.18. The van der Waals surface area contributed by atoms with Gasteiger partial charge in [-0.1, -0.05) is 23.7 Å². The summed E-state index contributed by atoms with van der Waals surface area (Å²) in [4.78, 5) is 12.4. The van der Waals surface area contributed by atoms with Crippen molar-refractivity contribution in [3.63, 3.8) is 0 Å². The second-order valence-electron chi connectivity index (χ2n) is 5.81. The zero-order chi connectivity index (χ0) is 17.9. The van der Waals surface area contributed by atoms with Crippen molar-refractivity contribution in [2.45, 2.75) is 6.54 Å². The van der Waals surface area contributed by atoms with Crippen molar-refractivity contribution in [3.05, 3.63) is 71.0 Å². The van der Waals surface area contributed by atoms with Crippen molar-refractivity contribution >= 4 is 17.5 Å². The number of halogens is 1. The molecule has 0 bridgehead atoms. The summed E-state index contributed by atoms with van der Waals surface area (Å²) in [5, 5.41) is 7.72. The topological polar surface area (TPSA) is 65.4 Å². The van der Waals surface area contributed by atoms with E-state index in [9.17, 15) is 4.79 Å². The van der Waals surface area contributed by atoms with Gasteiger partial charge in [0.25, 0.3) is 5.91 Å². The van der Waals surface area contributed by atoms with Gasteiger partial charge in [0.1, 0.15) is 13.2 Å². The van der Waals surface area contributed by atoms with Crippen LogP contribution in [0.25, 0.3) is 5.69 Å². The van der Waals surface area contributed by atoms with Crippen LogP contribution < -0.4 is 14.8 Å². The van der Waals surface area contributed by atoms with Crippen molar-refractivity contribution in [1.29, 1.82) is 0 Å². The first-order chi connectivity index (χ1) is 12.7. The Kier molecular flexibility index (Phi) is 4.50. The highest BCUT2D eigenvalue weighted by Gasteiger charge is 2.13. The molecule has 0 aliphatic carbocycles. The van der Waals surface area contributed by atoms with Crippen LogP contribution >= 0.6 is 11.6 Å². The monoisotopic (exact) mass is 369 g/mol. The van der Waals surface area contributed by atoms with E-state index in [2.05, 4.69) is 10.4 Å². The summed E-state index contributed by atoms with van der Waals surface area (Å²) in [6.07, 6.45) is 3.20. The van der Waals surface area contributed by atoms with Crippen LogP contribution in [0.1, 0.15) is 15.9 Å². The van der Waals surface area contributed by atoms with E-state index in [0.29, 0.717) is 36.1 Å². The Balaban J connectivity index is 1.42. The second kappa shape index (κ2) is 7.09. The Morgan fingerprint density at radius 2 is 2.00 bits per heavy atom. The Labute approximate surface area is 155 Å². The van der Waals surface area contributed by atoms with Crippen molar-refractivity contribution in [2.75, 3.05) is 13.2 Å². The maximum Gasteiger partial charge on any atom is 0.254 e. The molecule has 26 heavy (non-hydrogen) atoms. The number of carbonyl (C=O) groups is 1. The molecule has 2 aromatic carbocycles. The molecule has 0 spiro atoms. The van der Waals surface area contributed by atoms with Gasteiger partial charge in [0.2, 0.25) is 0 Å². The fourth-order valence-electron chi connectivity index (χ4n) is 2.68. The molecule has 1 N–H and O–H groups in total. The third kappa shape index (κ3) is 3.50. The Bertz CT molecular complexity index is 955. The summed E-state index contributed by atoms with van der Waals surface area (Å²) < 4.78 is 12.7. The van der Waals surface area contributed by atoms with Crippen LogP contribution in [0.5, 0.6) is 11.5 Å². The molecule has 132 valence electrons. The lowest BCUT2D eigenvalue weighted by atomic mass is 10.2. The van der Waals surface area contributed by atoms with E-state index in [0.717, 1.165) is 17.0 Å². The van der Waals surface area contributed by atoms with E-state index in [1.165, 1.54) is 6.20 Å². The number of hydrogen-bond acceptors (Lipinski definition) is 4. The van der Waals surface area contributed by atoms with Gasteiger partial charge < -0.3 is 14.8 Å². The van der Waals surface area contributed by atoms with Crippen molar-refractivity contribution in [2.24, 2.45) is 0 Å². The minimum atomic E-state index is -0.201. The fourth-order valence-corrected chi connectivity index (χ4v) is 2.87. The first kappa shape index (κ1) is 16.5. The number of rotatable bonds is 4. The van der Waals surface area contributed by atoms with Gasteiger partial charge in [-0.2, -0.15) is 5.10 Å². The number of amides is 1. The molecule has 0 saturated heterocycles. The van der Waals surface area contributed by atoms with E-state index < -0.39 is 0 Å². The molecule has 0 atom stereocenters. The van der Waals surface area contributed by atoms with Gasteiger partial charge in [0.15, 0.2) is 11.5 Å². The van der Waals surface area contributed by atoms with Crippen molar-refractivity contribution in [1.82, 2.24) is 15.1 Å². The molecule has 1 aromatic heterocycles. The number of fused-ring (bicyclic) bond motifs is 1. The van der Waals surface area contributed by atoms with Crippen LogP contribution in [-0.2, 0) is 6.54 Å². The number of benzene rings is 2. The lowest BCUT2D eigenvalue weighted by Crippen LogP contribution is -2.22. The number of nitrogens with zero attached hydrogens (tertiary/aromatic N) is 2. The Morgan fingerprint density at radius 3 is 2.85 bits per heavy atom. The largest absolute Gasteiger partial charge is 0.486 e. The molecule has 7 heteroatoms. The van der Waals surface area contributed by atoms with E-state index in [1.54, 1.807) is 23.0 Å². The van der Waals surface area contributed by atoms with Crippen molar-refractivity contribution in [3.8, 4) is 17.2 Å². The molecule has 2 heterocycles. The quantitative estimate of drug-likeness (QED) is 0.766. The van der Waals surface area contributed by atoms with Gasteiger partial charge in [0, 0.05) is 17.8 Å². The van der Waals surface area contributed by atoms with Gasteiger partial charge >= 0.3 is 0 Å². The molecule has 0 fully saturated rings. The van der Waals surface area contributed by atoms with Gasteiger partial charge in [0.05, 0.1) is 17.4 Å². The van der Waals surface area contributed by atoms with Gasteiger partial charge in [-0.3, -0.25) is 4.79 Å². The van der Waals surface area contributed by atoms with Crippen LogP contribution in [0.15, 0.2) is 54.9 Å². The van der Waals surface area contributed by atoms with E-state index >= 15 is 0 Å². The zero-order valence-corrected chi connectivity index (χ0v) is 14.6. The van der Waals surface area contributed by atoms with Gasteiger partial charge in [-0.15, -0.1) is 0 Å². The predicted molar refractivity (Wildman–Crippen MR) is 97.2 cm³/mol. The highest BCUT2D eigenvalue weighted by Crippen LogP contribution is 2.30. The van der Waals surface area contributed by atoms with E-state index in [-0.39, 0.29) is 5.91 Å². The smallest absolute Gasteiger partial charge is 0.254 e. The molecule has 0 saturated carbocycles. The third-order valence-corrected chi connectivity index (χ3v) is 4.21. The van der Waals surface area contributed by atoms with Crippen LogP contribution in [0.2, 0.25) is 5.02 Å². The molecule has 0 unspecified atom stereocenters. The maximum absolute atomic E-state index is 12.4. The molecule has 1 aliphatic rings. The molecular weight excluding hydrogens is 354 g/mol. The number of hydrogen-bond donors (Lipinski definition) is 1. The molecule has 6 nitrogen and oxygen atoms in total. The highest BCUT2D eigenvalue weighted by atomic mass is 35.5. The summed E-state index contributed by atoms with van der Waals surface area (Å²) in [5.74, 6) is 1.24. The summed E-state index contributed by atoms with van der Waals surface area (Å²) >= 11 is 5.99. The predicted octanol–water partition coefficient (Wildman–Crippen LogP) is 3.23. The van der Waals surface area contributed by atoms with Crippen LogP contribution in [0.4, 0.5) is 0 Å². The number of nitrogens with one attached hydrogen (secondary N) is 1. The van der Waals surface area contributed by atoms with E-state index in [4.69, 9.17) is 21.1 Å². The molecule has 1 aliphatic heterocycles. The number of aromatic nitrogens is 2. The van der Waals surface area contributed by atoms with Crippen LogP contribution in [0, 0.1) is 0 Å². The minimum Gasteiger partial charge on any atom is -0.486 e. The highest BCUT2D eigenvalue weighted by molar-refractivity contribution is 6.30. The molecule has 1 amide bonds. The molecule has 4 rings (SSSR count). The van der Waals surface area contributed by atoms with Gasteiger partial charge in [-0.05, 0) is 35.9 Å². The Hall–Kier alpha value is -2.99. The lowest BCUT2D eigenvalue weighted by molar-refractivity contribution is 0.0951. The normalized spacial score (nSPS) is 12.7. The maximum atomic E-state index is 12.4. The first-order valence-electron chi connectivity index (χ1n) is 8.16. The zero-order valence-electron chi connectivity index (χ0n) is 13.8. The summed E-state index contributed by atoms with van der Waals surface area (Å²) in [6, 6.07) is 12.9. The van der Waals surface area contributed by atoms with Gasteiger partial charge in [-0.25, -0.2) is 4.68 Å². The van der Waals surface area contributed by atoms with Crippen LogP contribution in [-0.4, -0.2) is 28.9 Å². The average Bonchev–Trinajstić information content (AvgIpc) is 3.16. The average molecular weight is 370 g/mol. The van der Waals surface area contributed by atoms with Crippen LogP contribution in [0.3, 0.4) is 0 Å². The third-order valence-electron chi connectivity index (χ3n) is 3.98. The standard InChI is InChI=1S/C19H16ClN3O3/c20-15-2-1-3-16(9-15)23-12-14(11-22-23)19(24)21-10-13-4-5-17-18(8-13)26-7-6-25-17/h1-5,8-9,11-12H,6-7,10H2,(H,21,24). The summed E-state index contributed by atoms with van der Waals surface area (Å²) in [5.41, 5.74) is 2.20. The summed E-state index contributed by atoms with van der Waals surface area (Å²) in [6.45, 7) is 1.48. The second-order valence-corrected chi connectivity index (χ2v) is 6.25. The number of carbonyl (C=O) groups excluding carboxylic acids is 1. The number of ether oxygens (including phenoxy) is 2. The molecule has 3 aromatic rings. The fraction of sp³-hybridized carbons (Fsp3) is 0.158. The van der Waals surface area contributed by atoms with E-state index in [1.807, 2.05) is 30.3 Å². The Morgan fingerprint density at radius 1 is 1.15 bits per heavy atom. The SMILES string of the molecule is O=C(NCc1ccc2c(c1)OCCO2)c1cnn(-c2cccc(Cl)c2)c1. The summed E-state index contributed by atoms with van der Waals surface area (Å²) in [7, 11) is 0. The minimum absolute atomic E-state index is 0.201. The first-order valence-corrected chi connectivity index (χ1v) is 8.54. The van der Waals surface area contributed by atoms with Crippen molar-refractivity contribution < 1.29 is 14.3 Å².